The van der Waals surface area contributed by atoms with Crippen LogP contribution in [0, 0.1) is 0 Å². The topological polar surface area (TPSA) is 87.2 Å². The Hall–Kier alpha value is -3.93. The van der Waals surface area contributed by atoms with Gasteiger partial charge in [0.25, 0.3) is 5.91 Å². The van der Waals surface area contributed by atoms with Gasteiger partial charge in [0.1, 0.15) is 5.75 Å². The number of phenolic OH excluding ortho intramolecular Hbond substituents is 1. The van der Waals surface area contributed by atoms with Crippen LogP contribution in [0.1, 0.15) is 15.9 Å². The zero-order valence-corrected chi connectivity index (χ0v) is 14.9. The number of amides is 1. The highest BCUT2D eigenvalue weighted by molar-refractivity contribution is 5.97. The molecule has 1 aromatic heterocycles. The molecule has 1 amide bonds. The van der Waals surface area contributed by atoms with Gasteiger partial charge < -0.3 is 14.8 Å². The zero-order chi connectivity index (χ0) is 19.5. The molecule has 28 heavy (non-hydrogen) atoms. The normalized spacial score (nSPS) is 11.3. The molecule has 0 saturated heterocycles. The molecule has 4 aromatic rings. The van der Waals surface area contributed by atoms with E-state index in [0.29, 0.717) is 17.5 Å². The summed E-state index contributed by atoms with van der Waals surface area (Å²) in [4.78, 5) is 12.2. The molecule has 6 nitrogen and oxygen atoms in total. The van der Waals surface area contributed by atoms with Gasteiger partial charge in [0.2, 0.25) is 5.88 Å². The van der Waals surface area contributed by atoms with E-state index in [9.17, 15) is 15.0 Å². The van der Waals surface area contributed by atoms with Gasteiger partial charge >= 0.3 is 0 Å². The minimum Gasteiger partial charge on any atom is -0.508 e. The number of fused-ring (bicyclic) bond motifs is 1. The maximum Gasteiger partial charge on any atom is 0.295 e. The van der Waals surface area contributed by atoms with Crippen LogP contribution in [-0.4, -0.2) is 20.7 Å². The van der Waals surface area contributed by atoms with Crippen molar-refractivity contribution in [1.82, 2.24) is 4.57 Å². The molecule has 0 aliphatic rings. The molecule has 0 fully saturated rings. The molecule has 0 spiro atoms. The molecular formula is C22H17N3O3. The number of phenols is 1. The van der Waals surface area contributed by atoms with Crippen LogP contribution in [0.25, 0.3) is 10.9 Å². The number of hydrogen-bond donors (Lipinski definition) is 2. The van der Waals surface area contributed by atoms with Crippen LogP contribution in [0.3, 0.4) is 0 Å². The number of aromatic hydroxyl groups is 2. The lowest BCUT2D eigenvalue weighted by molar-refractivity contribution is 0.0995. The highest BCUT2D eigenvalue weighted by atomic mass is 16.3. The Balaban J connectivity index is 1.72. The first-order valence-corrected chi connectivity index (χ1v) is 8.72. The molecule has 0 atom stereocenters. The van der Waals surface area contributed by atoms with Crippen molar-refractivity contribution in [2.75, 3.05) is 0 Å². The maximum atomic E-state index is 12.2. The monoisotopic (exact) mass is 371 g/mol. The third-order valence-electron chi connectivity index (χ3n) is 4.46. The second kappa shape index (κ2) is 7.36. The number of carbonyl (C=O) groups excluding carboxylic acids is 1. The summed E-state index contributed by atoms with van der Waals surface area (Å²) in [7, 11) is 0. The van der Waals surface area contributed by atoms with E-state index in [0.717, 1.165) is 11.1 Å². The van der Waals surface area contributed by atoms with E-state index in [1.165, 1.54) is 24.3 Å². The fourth-order valence-corrected chi connectivity index (χ4v) is 3.05. The lowest BCUT2D eigenvalue weighted by Gasteiger charge is -2.06. The molecule has 0 aliphatic carbocycles. The zero-order valence-electron chi connectivity index (χ0n) is 14.9. The first kappa shape index (κ1) is 17.5. The number of benzene rings is 3. The Morgan fingerprint density at radius 3 is 2.29 bits per heavy atom. The molecule has 0 aliphatic heterocycles. The number of aromatic nitrogens is 1. The molecule has 6 heteroatoms. The van der Waals surface area contributed by atoms with Crippen molar-refractivity contribution in [2.45, 2.75) is 6.54 Å². The van der Waals surface area contributed by atoms with E-state index in [1.54, 1.807) is 4.57 Å². The Bertz CT molecular complexity index is 1160. The second-order valence-corrected chi connectivity index (χ2v) is 6.31. The first-order valence-electron chi connectivity index (χ1n) is 8.72. The molecule has 4 rings (SSSR count). The van der Waals surface area contributed by atoms with Crippen molar-refractivity contribution in [1.29, 1.82) is 0 Å². The molecule has 0 unspecified atom stereocenters. The number of rotatable bonds is 4. The summed E-state index contributed by atoms with van der Waals surface area (Å²) in [5.74, 6) is -0.540. The summed E-state index contributed by atoms with van der Waals surface area (Å²) in [5.41, 5.74) is 2.38. The molecule has 0 saturated carbocycles. The summed E-state index contributed by atoms with van der Waals surface area (Å²) in [6.45, 7) is 0.467. The lowest BCUT2D eigenvalue weighted by Crippen LogP contribution is -1.98. The van der Waals surface area contributed by atoms with Crippen LogP contribution in [0.2, 0.25) is 0 Å². The average Bonchev–Trinajstić information content (AvgIpc) is 2.99. The van der Waals surface area contributed by atoms with Crippen molar-refractivity contribution in [3.63, 3.8) is 0 Å². The van der Waals surface area contributed by atoms with Gasteiger partial charge in [-0.3, -0.25) is 4.79 Å². The van der Waals surface area contributed by atoms with Crippen molar-refractivity contribution in [3.8, 4) is 11.6 Å². The van der Waals surface area contributed by atoms with Gasteiger partial charge in [0.05, 0.1) is 12.1 Å². The summed E-state index contributed by atoms with van der Waals surface area (Å²) < 4.78 is 1.74. The molecule has 138 valence electrons. The van der Waals surface area contributed by atoms with Gasteiger partial charge in [-0.2, -0.15) is 0 Å². The summed E-state index contributed by atoms with van der Waals surface area (Å²) in [5, 5.41) is 28.6. The predicted octanol–water partition coefficient (Wildman–Crippen LogP) is 5.02. The third kappa shape index (κ3) is 3.35. The van der Waals surface area contributed by atoms with Crippen LogP contribution in [0.15, 0.2) is 89.1 Å². The summed E-state index contributed by atoms with van der Waals surface area (Å²) in [6, 6.07) is 23.0. The van der Waals surface area contributed by atoms with Crippen LogP contribution in [0.4, 0.5) is 5.69 Å². The Morgan fingerprint density at radius 1 is 0.857 bits per heavy atom. The van der Waals surface area contributed by atoms with E-state index in [2.05, 4.69) is 10.2 Å². The Labute approximate surface area is 161 Å². The van der Waals surface area contributed by atoms with Gasteiger partial charge in [-0.1, -0.05) is 48.5 Å². The number of carbonyl (C=O) groups is 1. The van der Waals surface area contributed by atoms with Gasteiger partial charge in [-0.15, -0.1) is 10.2 Å². The molecule has 0 bridgehead atoms. The van der Waals surface area contributed by atoms with E-state index >= 15 is 0 Å². The Kier molecular flexibility index (Phi) is 4.60. The molecule has 2 N–H and O–H groups in total. The van der Waals surface area contributed by atoms with Crippen LogP contribution in [0.5, 0.6) is 11.6 Å². The van der Waals surface area contributed by atoms with Crippen molar-refractivity contribution in [2.24, 2.45) is 10.2 Å². The molecular weight excluding hydrogens is 354 g/mol. The lowest BCUT2D eigenvalue weighted by atomic mass is 10.2. The third-order valence-corrected chi connectivity index (χ3v) is 4.46. The Morgan fingerprint density at radius 2 is 1.54 bits per heavy atom. The fourth-order valence-electron chi connectivity index (χ4n) is 3.05. The van der Waals surface area contributed by atoms with Crippen LogP contribution in [-0.2, 0) is 6.54 Å². The minimum absolute atomic E-state index is 0.0488. The van der Waals surface area contributed by atoms with Gasteiger partial charge in [-0.25, -0.2) is 0 Å². The highest BCUT2D eigenvalue weighted by Crippen LogP contribution is 2.39. The van der Waals surface area contributed by atoms with Gasteiger partial charge in [0, 0.05) is 10.9 Å². The average molecular weight is 371 g/mol. The van der Waals surface area contributed by atoms with E-state index < -0.39 is 5.91 Å². The SMILES string of the molecule is O=C(N=Nc1c(O)n(Cc2ccccc2)c2ccccc12)c1ccc(O)cc1. The number of azo groups is 1. The predicted molar refractivity (Wildman–Crippen MR) is 106 cm³/mol. The van der Waals surface area contributed by atoms with Crippen LogP contribution < -0.4 is 0 Å². The quantitative estimate of drug-likeness (QED) is 0.494. The smallest absolute Gasteiger partial charge is 0.295 e. The van der Waals surface area contributed by atoms with E-state index in [-0.39, 0.29) is 17.3 Å². The van der Waals surface area contributed by atoms with E-state index in [4.69, 9.17) is 0 Å². The van der Waals surface area contributed by atoms with Gasteiger partial charge in [-0.05, 0) is 35.9 Å². The number of nitrogens with zero attached hydrogens (tertiary/aromatic N) is 3. The molecule has 1 heterocycles. The molecule has 0 radical (unpaired) electrons. The van der Waals surface area contributed by atoms with Gasteiger partial charge in [0.15, 0.2) is 5.69 Å². The van der Waals surface area contributed by atoms with Crippen molar-refractivity contribution >= 4 is 22.5 Å². The molecule has 3 aromatic carbocycles. The summed E-state index contributed by atoms with van der Waals surface area (Å²) >= 11 is 0. The second-order valence-electron chi connectivity index (χ2n) is 6.31. The van der Waals surface area contributed by atoms with Crippen molar-refractivity contribution in [3.05, 3.63) is 90.0 Å². The standard InChI is InChI=1S/C22H17N3O3/c26-17-12-10-16(11-13-17)21(27)24-23-20-18-8-4-5-9-19(18)25(22(20)28)14-15-6-2-1-3-7-15/h1-13,26,28H,14H2. The van der Waals surface area contributed by atoms with E-state index in [1.807, 2.05) is 54.6 Å². The van der Waals surface area contributed by atoms with Crippen LogP contribution >= 0.6 is 0 Å². The largest absolute Gasteiger partial charge is 0.508 e. The summed E-state index contributed by atoms with van der Waals surface area (Å²) in [6.07, 6.45) is 0. The minimum atomic E-state index is -0.556. The number of hydrogen-bond acceptors (Lipinski definition) is 4. The van der Waals surface area contributed by atoms with Crippen molar-refractivity contribution < 1.29 is 15.0 Å². The maximum absolute atomic E-state index is 12.2. The number of para-hydroxylation sites is 1. The first-order chi connectivity index (χ1) is 13.6. The fraction of sp³-hybridized carbons (Fsp3) is 0.0455. The highest BCUT2D eigenvalue weighted by Gasteiger charge is 2.17.